The van der Waals surface area contributed by atoms with Gasteiger partial charge in [0.1, 0.15) is 27.3 Å². The number of sulfonamides is 1. The van der Waals surface area contributed by atoms with Gasteiger partial charge in [-0.3, -0.25) is 0 Å². The first kappa shape index (κ1) is 17.0. The molecule has 0 aliphatic heterocycles. The molecule has 134 valence electrons. The Morgan fingerprint density at radius 2 is 2.00 bits per heavy atom. The summed E-state index contributed by atoms with van der Waals surface area (Å²) in [5.74, 6) is 0.632. The standard InChI is InChI=1S/C16H16N6O2S2/c1-2-9-22-14(19-12-6-4-8-17-16(12)22)10-18-26(23,24)13-7-3-5-11-15(13)21-25-20-11/h3-8,18H,2,9-10H2,1H3. The molecule has 1 N–H and O–H groups in total. The largest absolute Gasteiger partial charge is 0.312 e. The molecule has 3 heterocycles. The summed E-state index contributed by atoms with van der Waals surface area (Å²) in [5.41, 5.74) is 2.46. The average molecular weight is 388 g/mol. The number of nitrogens with zero attached hydrogens (tertiary/aromatic N) is 5. The van der Waals surface area contributed by atoms with E-state index in [0.29, 0.717) is 16.9 Å². The molecule has 0 fully saturated rings. The van der Waals surface area contributed by atoms with Crippen LogP contribution >= 0.6 is 11.7 Å². The van der Waals surface area contributed by atoms with Crippen molar-refractivity contribution in [3.8, 4) is 0 Å². The van der Waals surface area contributed by atoms with Crippen LogP contribution in [-0.4, -0.2) is 31.7 Å². The summed E-state index contributed by atoms with van der Waals surface area (Å²) >= 11 is 0.993. The zero-order chi connectivity index (χ0) is 18.1. The highest BCUT2D eigenvalue weighted by atomic mass is 32.2. The number of pyridine rings is 1. The molecule has 10 heteroatoms. The monoisotopic (exact) mass is 388 g/mol. The van der Waals surface area contributed by atoms with Crippen molar-refractivity contribution in [1.82, 2.24) is 28.0 Å². The van der Waals surface area contributed by atoms with Crippen molar-refractivity contribution in [3.63, 3.8) is 0 Å². The number of imidazole rings is 1. The fourth-order valence-corrected chi connectivity index (χ4v) is 4.58. The number of rotatable bonds is 6. The lowest BCUT2D eigenvalue weighted by molar-refractivity contribution is 0.574. The van der Waals surface area contributed by atoms with E-state index in [1.54, 1.807) is 18.3 Å². The van der Waals surface area contributed by atoms with Crippen LogP contribution in [0.15, 0.2) is 41.4 Å². The van der Waals surface area contributed by atoms with Gasteiger partial charge in [-0.25, -0.2) is 23.1 Å². The van der Waals surface area contributed by atoms with Crippen LogP contribution in [-0.2, 0) is 23.1 Å². The van der Waals surface area contributed by atoms with Gasteiger partial charge in [-0.15, -0.1) is 0 Å². The van der Waals surface area contributed by atoms with Gasteiger partial charge in [0.05, 0.1) is 18.3 Å². The van der Waals surface area contributed by atoms with Crippen molar-refractivity contribution in [2.24, 2.45) is 0 Å². The fraction of sp³-hybridized carbons (Fsp3) is 0.250. The molecule has 0 unspecified atom stereocenters. The Labute approximate surface area is 154 Å². The van der Waals surface area contributed by atoms with Crippen molar-refractivity contribution in [2.75, 3.05) is 0 Å². The first-order valence-electron chi connectivity index (χ1n) is 8.11. The molecule has 26 heavy (non-hydrogen) atoms. The molecule has 0 atom stereocenters. The summed E-state index contributed by atoms with van der Waals surface area (Å²) in [6, 6.07) is 8.62. The molecular weight excluding hydrogens is 372 g/mol. The fourth-order valence-electron chi connectivity index (χ4n) is 2.83. The van der Waals surface area contributed by atoms with Crippen molar-refractivity contribution in [2.45, 2.75) is 31.3 Å². The van der Waals surface area contributed by atoms with Gasteiger partial charge < -0.3 is 4.57 Å². The molecule has 4 rings (SSSR count). The average Bonchev–Trinajstić information content (AvgIpc) is 3.25. The lowest BCUT2D eigenvalue weighted by Crippen LogP contribution is -2.25. The number of aromatic nitrogens is 5. The third-order valence-electron chi connectivity index (χ3n) is 3.99. The molecule has 0 bridgehead atoms. The topological polar surface area (TPSA) is 103 Å². The van der Waals surface area contributed by atoms with E-state index in [1.165, 1.54) is 6.07 Å². The summed E-state index contributed by atoms with van der Waals surface area (Å²) in [5, 5.41) is 0. The molecule has 0 saturated heterocycles. The summed E-state index contributed by atoms with van der Waals surface area (Å²) < 4.78 is 38.3. The van der Waals surface area contributed by atoms with Crippen LogP contribution in [0.1, 0.15) is 19.2 Å². The van der Waals surface area contributed by atoms with E-state index in [1.807, 2.05) is 16.7 Å². The van der Waals surface area contributed by atoms with E-state index in [2.05, 4.69) is 30.4 Å². The van der Waals surface area contributed by atoms with Gasteiger partial charge in [0, 0.05) is 12.7 Å². The number of hydrogen-bond acceptors (Lipinski definition) is 7. The van der Waals surface area contributed by atoms with Crippen molar-refractivity contribution < 1.29 is 8.42 Å². The molecule has 3 aromatic heterocycles. The zero-order valence-electron chi connectivity index (χ0n) is 14.0. The minimum absolute atomic E-state index is 0.0760. The van der Waals surface area contributed by atoms with E-state index in [9.17, 15) is 8.42 Å². The highest BCUT2D eigenvalue weighted by Gasteiger charge is 2.21. The highest BCUT2D eigenvalue weighted by Crippen LogP contribution is 2.21. The second-order valence-electron chi connectivity index (χ2n) is 5.74. The van der Waals surface area contributed by atoms with Crippen molar-refractivity contribution in [3.05, 3.63) is 42.4 Å². The Hall–Kier alpha value is -2.43. The van der Waals surface area contributed by atoms with Gasteiger partial charge in [0.15, 0.2) is 5.65 Å². The summed E-state index contributed by atoms with van der Waals surface area (Å²) in [7, 11) is -3.74. The predicted molar refractivity (Wildman–Crippen MR) is 99.3 cm³/mol. The normalized spacial score (nSPS) is 12.2. The van der Waals surface area contributed by atoms with Crippen LogP contribution in [0.2, 0.25) is 0 Å². The first-order valence-corrected chi connectivity index (χ1v) is 10.3. The van der Waals surface area contributed by atoms with E-state index < -0.39 is 10.0 Å². The summed E-state index contributed by atoms with van der Waals surface area (Å²) in [6.45, 7) is 2.85. The Kier molecular flexibility index (Phi) is 4.39. The molecule has 8 nitrogen and oxygen atoms in total. The number of fused-ring (bicyclic) bond motifs is 2. The molecule has 0 spiro atoms. The minimum atomic E-state index is -3.74. The maximum Gasteiger partial charge on any atom is 0.243 e. The van der Waals surface area contributed by atoms with Gasteiger partial charge >= 0.3 is 0 Å². The van der Waals surface area contributed by atoms with Crippen LogP contribution in [0.5, 0.6) is 0 Å². The molecule has 0 radical (unpaired) electrons. The Morgan fingerprint density at radius 3 is 2.85 bits per heavy atom. The second-order valence-corrected chi connectivity index (χ2v) is 8.00. The number of aryl methyl sites for hydroxylation is 1. The predicted octanol–water partition coefficient (Wildman–Crippen LogP) is 2.32. The Morgan fingerprint density at radius 1 is 1.15 bits per heavy atom. The lowest BCUT2D eigenvalue weighted by Gasteiger charge is -2.09. The maximum atomic E-state index is 12.8. The van der Waals surface area contributed by atoms with Crippen molar-refractivity contribution in [1.29, 1.82) is 0 Å². The molecule has 0 aliphatic rings. The van der Waals surface area contributed by atoms with Crippen LogP contribution in [0.25, 0.3) is 22.2 Å². The molecule has 4 aromatic rings. The SMILES string of the molecule is CCCn1c(CNS(=O)(=O)c2cccc3nsnc23)nc2cccnc21. The summed E-state index contributed by atoms with van der Waals surface area (Å²) in [4.78, 5) is 9.02. The molecule has 0 saturated carbocycles. The Balaban J connectivity index is 1.67. The van der Waals surface area contributed by atoms with Crippen LogP contribution < -0.4 is 4.72 Å². The van der Waals surface area contributed by atoms with E-state index >= 15 is 0 Å². The van der Waals surface area contributed by atoms with Crippen LogP contribution in [0.3, 0.4) is 0 Å². The number of benzene rings is 1. The minimum Gasteiger partial charge on any atom is -0.312 e. The first-order chi connectivity index (χ1) is 12.6. The third kappa shape index (κ3) is 2.96. The van der Waals surface area contributed by atoms with E-state index in [0.717, 1.165) is 35.9 Å². The van der Waals surface area contributed by atoms with Crippen LogP contribution in [0, 0.1) is 0 Å². The second kappa shape index (κ2) is 6.71. The third-order valence-corrected chi connectivity index (χ3v) is 5.96. The van der Waals surface area contributed by atoms with Gasteiger partial charge in [-0.05, 0) is 30.7 Å². The zero-order valence-corrected chi connectivity index (χ0v) is 15.6. The van der Waals surface area contributed by atoms with Crippen molar-refractivity contribution >= 4 is 43.9 Å². The van der Waals surface area contributed by atoms with E-state index in [-0.39, 0.29) is 11.4 Å². The molecular formula is C16H16N6O2S2. The van der Waals surface area contributed by atoms with Gasteiger partial charge in [-0.2, -0.15) is 8.75 Å². The lowest BCUT2D eigenvalue weighted by atomic mass is 10.3. The highest BCUT2D eigenvalue weighted by molar-refractivity contribution is 7.89. The van der Waals surface area contributed by atoms with Gasteiger partial charge in [-0.1, -0.05) is 13.0 Å². The molecule has 0 aliphatic carbocycles. The smallest absolute Gasteiger partial charge is 0.243 e. The van der Waals surface area contributed by atoms with Gasteiger partial charge in [0.25, 0.3) is 0 Å². The van der Waals surface area contributed by atoms with Gasteiger partial charge in [0.2, 0.25) is 10.0 Å². The van der Waals surface area contributed by atoms with E-state index in [4.69, 9.17) is 0 Å². The summed E-state index contributed by atoms with van der Waals surface area (Å²) in [6.07, 6.45) is 2.60. The number of hydrogen-bond donors (Lipinski definition) is 1. The molecule has 1 aromatic carbocycles. The Bertz CT molecular complexity index is 1180. The number of nitrogens with one attached hydrogen (secondary N) is 1. The molecule has 0 amide bonds. The van der Waals surface area contributed by atoms with Crippen LogP contribution in [0.4, 0.5) is 0 Å². The quantitative estimate of drug-likeness (QED) is 0.544. The maximum absolute atomic E-state index is 12.8.